The summed E-state index contributed by atoms with van der Waals surface area (Å²) in [6.07, 6.45) is 0.717. The fraction of sp³-hybridized carbons (Fsp3) is 0.379. The van der Waals surface area contributed by atoms with Crippen LogP contribution in [0.5, 0.6) is 5.75 Å². The molecule has 0 bridgehead atoms. The van der Waals surface area contributed by atoms with Crippen LogP contribution >= 0.6 is 0 Å². The van der Waals surface area contributed by atoms with Crippen molar-refractivity contribution in [3.63, 3.8) is 0 Å². The van der Waals surface area contributed by atoms with Gasteiger partial charge in [-0.1, -0.05) is 32.0 Å². The molecule has 1 aliphatic heterocycles. The van der Waals surface area contributed by atoms with Gasteiger partial charge in [-0.25, -0.2) is 4.39 Å². The summed E-state index contributed by atoms with van der Waals surface area (Å²) >= 11 is 0. The zero-order valence-electron chi connectivity index (χ0n) is 21.3. The minimum Gasteiger partial charge on any atom is -0.486 e. The van der Waals surface area contributed by atoms with Crippen LogP contribution in [0.25, 0.3) is 0 Å². The molecular formula is C29H33FN2O4. The first-order chi connectivity index (χ1) is 17.3. The van der Waals surface area contributed by atoms with Gasteiger partial charge in [0.1, 0.15) is 23.9 Å². The Morgan fingerprint density at radius 3 is 2.58 bits per heavy atom. The maximum Gasteiger partial charge on any atom is 0.289 e. The third kappa shape index (κ3) is 5.30. The average molecular weight is 493 g/mol. The van der Waals surface area contributed by atoms with Crippen molar-refractivity contribution in [1.29, 1.82) is 0 Å². The summed E-state index contributed by atoms with van der Waals surface area (Å²) in [5.74, 6) is 0.821. The van der Waals surface area contributed by atoms with E-state index < -0.39 is 6.04 Å². The Balaban J connectivity index is 1.59. The van der Waals surface area contributed by atoms with Crippen LogP contribution in [0.4, 0.5) is 4.39 Å². The summed E-state index contributed by atoms with van der Waals surface area (Å²) in [5, 5.41) is 0. The Morgan fingerprint density at radius 1 is 1.11 bits per heavy atom. The molecule has 190 valence electrons. The Hall–Kier alpha value is -3.61. The van der Waals surface area contributed by atoms with Crippen LogP contribution in [0.3, 0.4) is 0 Å². The molecule has 6 nitrogen and oxygen atoms in total. The maximum atomic E-state index is 14.2. The lowest BCUT2D eigenvalue weighted by molar-refractivity contribution is -0.136. The first kappa shape index (κ1) is 25.5. The van der Waals surface area contributed by atoms with Crippen molar-refractivity contribution in [1.82, 2.24) is 9.80 Å². The van der Waals surface area contributed by atoms with E-state index in [9.17, 15) is 14.0 Å². The molecule has 1 atom stereocenters. The molecular weight excluding hydrogens is 459 g/mol. The topological polar surface area (TPSA) is 63.0 Å². The fourth-order valence-corrected chi connectivity index (χ4v) is 4.68. The molecule has 7 heteroatoms. The molecule has 0 unspecified atom stereocenters. The summed E-state index contributed by atoms with van der Waals surface area (Å²) in [6.45, 7) is 9.56. The Labute approximate surface area is 211 Å². The lowest BCUT2D eigenvalue weighted by Crippen LogP contribution is -2.42. The third-order valence-corrected chi connectivity index (χ3v) is 6.59. The van der Waals surface area contributed by atoms with Crippen LogP contribution < -0.4 is 4.74 Å². The number of ether oxygens (including phenoxy) is 1. The van der Waals surface area contributed by atoms with Crippen molar-refractivity contribution < 1.29 is 23.1 Å². The zero-order valence-corrected chi connectivity index (χ0v) is 21.3. The van der Waals surface area contributed by atoms with Gasteiger partial charge in [-0.2, -0.15) is 0 Å². The molecule has 4 rings (SSSR count). The van der Waals surface area contributed by atoms with Gasteiger partial charge in [0.25, 0.3) is 5.91 Å². The molecule has 0 aliphatic carbocycles. The van der Waals surface area contributed by atoms with E-state index in [-0.39, 0.29) is 35.9 Å². The normalized spacial score (nSPS) is 15.1. The molecule has 2 amide bonds. The third-order valence-electron chi connectivity index (χ3n) is 6.59. The highest BCUT2D eigenvalue weighted by atomic mass is 19.1. The molecule has 2 aromatic carbocycles. The molecule has 0 radical (unpaired) electrons. The van der Waals surface area contributed by atoms with Crippen molar-refractivity contribution in [2.45, 2.75) is 46.8 Å². The van der Waals surface area contributed by atoms with E-state index >= 15 is 0 Å². The lowest BCUT2D eigenvalue weighted by Gasteiger charge is -2.39. The van der Waals surface area contributed by atoms with Crippen molar-refractivity contribution in [3.8, 4) is 5.75 Å². The van der Waals surface area contributed by atoms with Crippen LogP contribution in [-0.2, 0) is 17.8 Å². The lowest BCUT2D eigenvalue weighted by atomic mass is 9.87. The van der Waals surface area contributed by atoms with Crippen LogP contribution in [0.15, 0.2) is 59.0 Å². The van der Waals surface area contributed by atoms with E-state index in [4.69, 9.17) is 9.15 Å². The molecule has 0 N–H and O–H groups in total. The number of fused-ring (bicyclic) bond motifs is 1. The number of nitrogens with zero attached hydrogens (tertiary/aromatic N) is 2. The SMILES string of the molecule is CCN(CC)C(=O)c1ccc(COc2ccc3c(c2)[C@@H](c2cccc(F)c2)N(C(=O)C(C)C)CC3)o1. The van der Waals surface area contributed by atoms with Gasteiger partial charge in [0.15, 0.2) is 5.76 Å². The molecule has 2 heterocycles. The number of carbonyl (C=O) groups excluding carboxylic acids is 2. The van der Waals surface area contributed by atoms with Gasteiger partial charge in [-0.3, -0.25) is 9.59 Å². The number of furan rings is 1. The highest BCUT2D eigenvalue weighted by Gasteiger charge is 2.33. The van der Waals surface area contributed by atoms with E-state index in [1.807, 2.05) is 56.9 Å². The van der Waals surface area contributed by atoms with Crippen LogP contribution in [0, 0.1) is 11.7 Å². The Morgan fingerprint density at radius 2 is 1.89 bits per heavy atom. The van der Waals surface area contributed by atoms with E-state index in [2.05, 4.69) is 0 Å². The highest BCUT2D eigenvalue weighted by Crippen LogP contribution is 2.38. The molecule has 3 aromatic rings. The second kappa shape index (κ2) is 11.0. The minimum atomic E-state index is -0.398. The van der Waals surface area contributed by atoms with Crippen molar-refractivity contribution in [2.24, 2.45) is 5.92 Å². The molecule has 1 aliphatic rings. The number of hydrogen-bond donors (Lipinski definition) is 0. The predicted octanol–water partition coefficient (Wildman–Crippen LogP) is 5.61. The van der Waals surface area contributed by atoms with E-state index in [1.165, 1.54) is 12.1 Å². The zero-order chi connectivity index (χ0) is 25.8. The number of carbonyl (C=O) groups is 2. The van der Waals surface area contributed by atoms with Crippen LogP contribution in [0.1, 0.15) is 66.7 Å². The molecule has 1 aromatic heterocycles. The van der Waals surface area contributed by atoms with Crippen LogP contribution in [-0.4, -0.2) is 41.2 Å². The minimum absolute atomic E-state index is 0.0298. The molecule has 0 spiro atoms. The summed E-state index contributed by atoms with van der Waals surface area (Å²) < 4.78 is 25.9. The monoisotopic (exact) mass is 492 g/mol. The smallest absolute Gasteiger partial charge is 0.289 e. The molecule has 36 heavy (non-hydrogen) atoms. The maximum absolute atomic E-state index is 14.2. The largest absolute Gasteiger partial charge is 0.486 e. The van der Waals surface area contributed by atoms with Gasteiger partial charge in [0.05, 0.1) is 6.04 Å². The molecule has 0 fully saturated rings. The van der Waals surface area contributed by atoms with Gasteiger partial charge >= 0.3 is 0 Å². The summed E-state index contributed by atoms with van der Waals surface area (Å²) in [7, 11) is 0. The second-order valence-corrected chi connectivity index (χ2v) is 9.29. The van der Waals surface area contributed by atoms with Crippen molar-refractivity contribution in [3.05, 3.63) is 88.6 Å². The second-order valence-electron chi connectivity index (χ2n) is 9.29. The first-order valence-electron chi connectivity index (χ1n) is 12.5. The summed E-state index contributed by atoms with van der Waals surface area (Å²) in [5.41, 5.74) is 2.76. The van der Waals surface area contributed by atoms with Gasteiger partial charge in [-0.15, -0.1) is 0 Å². The molecule has 0 saturated carbocycles. The number of halogens is 1. The van der Waals surface area contributed by atoms with E-state index in [0.29, 0.717) is 31.1 Å². The Bertz CT molecular complexity index is 1230. The fourth-order valence-electron chi connectivity index (χ4n) is 4.68. The van der Waals surface area contributed by atoms with Gasteiger partial charge in [-0.05, 0) is 73.4 Å². The van der Waals surface area contributed by atoms with Gasteiger partial charge in [0, 0.05) is 25.6 Å². The van der Waals surface area contributed by atoms with Crippen LogP contribution in [0.2, 0.25) is 0 Å². The van der Waals surface area contributed by atoms with E-state index in [0.717, 1.165) is 23.1 Å². The number of rotatable bonds is 8. The summed E-state index contributed by atoms with van der Waals surface area (Å²) in [4.78, 5) is 29.1. The standard InChI is InChI=1S/C29H33FN2O4/c1-5-31(6-2)29(34)26-13-12-24(36-26)18-35-23-11-10-20-14-15-32(28(33)19(3)4)27(25(20)17-23)21-8-7-9-22(30)16-21/h7-13,16-17,19,27H,5-6,14-15,18H2,1-4H3/t27-/m1/s1. The number of hydrogen-bond acceptors (Lipinski definition) is 4. The van der Waals surface area contributed by atoms with E-state index in [1.54, 1.807) is 23.1 Å². The average Bonchev–Trinajstić information content (AvgIpc) is 3.36. The van der Waals surface area contributed by atoms with Gasteiger partial charge in [0.2, 0.25) is 5.91 Å². The quantitative estimate of drug-likeness (QED) is 0.410. The van der Waals surface area contributed by atoms with Gasteiger partial charge < -0.3 is 19.0 Å². The molecule has 0 saturated heterocycles. The number of benzene rings is 2. The van der Waals surface area contributed by atoms with Crippen molar-refractivity contribution >= 4 is 11.8 Å². The first-order valence-corrected chi connectivity index (χ1v) is 12.5. The predicted molar refractivity (Wildman–Crippen MR) is 135 cm³/mol. The number of amides is 2. The van der Waals surface area contributed by atoms with Crippen molar-refractivity contribution in [2.75, 3.05) is 19.6 Å². The Kier molecular flexibility index (Phi) is 7.77. The highest BCUT2D eigenvalue weighted by molar-refractivity contribution is 5.91. The summed E-state index contributed by atoms with van der Waals surface area (Å²) in [6, 6.07) is 15.3.